The van der Waals surface area contributed by atoms with Crippen LogP contribution < -0.4 is 0 Å². The van der Waals surface area contributed by atoms with Crippen molar-refractivity contribution in [2.75, 3.05) is 5.75 Å². The van der Waals surface area contributed by atoms with E-state index in [4.69, 9.17) is 5.11 Å². The highest BCUT2D eigenvalue weighted by Crippen LogP contribution is 2.10. The molecule has 1 N–H and O–H groups in total. The number of thioether (sulfide) groups is 1. The molecule has 1 unspecified atom stereocenters. The van der Waals surface area contributed by atoms with Crippen LogP contribution in [-0.2, 0) is 9.59 Å². The molecule has 0 heterocycles. The quantitative estimate of drug-likeness (QED) is 0.734. The van der Waals surface area contributed by atoms with E-state index in [9.17, 15) is 9.59 Å². The van der Waals surface area contributed by atoms with Crippen molar-refractivity contribution in [3.63, 3.8) is 0 Å². The molecule has 58 valence electrons. The monoisotopic (exact) mass is 226 g/mol. The molecule has 0 aliphatic heterocycles. The largest absolute Gasteiger partial charge is 0.480 e. The van der Waals surface area contributed by atoms with Crippen molar-refractivity contribution < 1.29 is 14.7 Å². The molecule has 0 bridgehead atoms. The second-order valence-corrected chi connectivity index (χ2v) is 3.91. The van der Waals surface area contributed by atoms with Gasteiger partial charge in [-0.15, -0.1) is 0 Å². The Labute approximate surface area is 71.3 Å². The van der Waals surface area contributed by atoms with Gasteiger partial charge in [-0.25, -0.2) is 0 Å². The van der Waals surface area contributed by atoms with E-state index in [1.807, 2.05) is 0 Å². The molecule has 1 atom stereocenters. The highest BCUT2D eigenvalue weighted by Gasteiger charge is 2.13. The molecular formula is C5H7BrO3S. The van der Waals surface area contributed by atoms with E-state index < -0.39 is 10.8 Å². The number of rotatable bonds is 3. The van der Waals surface area contributed by atoms with Crippen LogP contribution in [0.5, 0.6) is 0 Å². The van der Waals surface area contributed by atoms with Crippen molar-refractivity contribution in [3.8, 4) is 0 Å². The molecule has 0 fully saturated rings. The summed E-state index contributed by atoms with van der Waals surface area (Å²) in [5.41, 5.74) is 0. The predicted molar refractivity (Wildman–Crippen MR) is 43.5 cm³/mol. The minimum absolute atomic E-state index is 0.0642. The molecule has 0 rings (SSSR count). The summed E-state index contributed by atoms with van der Waals surface area (Å²) in [5, 5.41) is 8.26. The summed E-state index contributed by atoms with van der Waals surface area (Å²) in [6, 6.07) is 0. The molecule has 10 heavy (non-hydrogen) atoms. The first-order valence-electron chi connectivity index (χ1n) is 2.54. The first-order chi connectivity index (χ1) is 4.54. The second kappa shape index (κ2) is 4.73. The van der Waals surface area contributed by atoms with Gasteiger partial charge in [-0.05, 0) is 0 Å². The van der Waals surface area contributed by atoms with Gasteiger partial charge in [-0.1, -0.05) is 27.7 Å². The number of carboxylic acid groups (broad SMARTS) is 1. The van der Waals surface area contributed by atoms with Crippen LogP contribution in [0, 0.1) is 0 Å². The van der Waals surface area contributed by atoms with Crippen LogP contribution in [0.15, 0.2) is 0 Å². The van der Waals surface area contributed by atoms with Gasteiger partial charge in [0.05, 0.1) is 0 Å². The van der Waals surface area contributed by atoms with E-state index in [1.165, 1.54) is 6.92 Å². The van der Waals surface area contributed by atoms with Gasteiger partial charge >= 0.3 is 5.97 Å². The summed E-state index contributed by atoms with van der Waals surface area (Å²) >= 11 is 3.90. The average molecular weight is 227 g/mol. The third-order valence-electron chi connectivity index (χ3n) is 0.701. The first-order valence-corrected chi connectivity index (χ1v) is 4.44. The van der Waals surface area contributed by atoms with Gasteiger partial charge in [0.15, 0.2) is 5.12 Å². The lowest BCUT2D eigenvalue weighted by Crippen LogP contribution is -2.15. The average Bonchev–Trinajstić information content (AvgIpc) is 1.82. The number of hydrogen-bond donors (Lipinski definition) is 1. The Bertz CT molecular complexity index is 148. The number of halogens is 1. The standard InChI is InChI=1S/C5H7BrO3S/c1-3(7)10-2-4(6)5(8)9/h4H,2H2,1H3,(H,8,9). The maximum absolute atomic E-state index is 10.3. The van der Waals surface area contributed by atoms with Crippen molar-refractivity contribution in [2.45, 2.75) is 11.8 Å². The highest BCUT2D eigenvalue weighted by molar-refractivity contribution is 9.10. The fraction of sp³-hybridized carbons (Fsp3) is 0.600. The maximum Gasteiger partial charge on any atom is 0.318 e. The number of aliphatic carboxylic acids is 1. The van der Waals surface area contributed by atoms with E-state index in [1.54, 1.807) is 0 Å². The van der Waals surface area contributed by atoms with Gasteiger partial charge < -0.3 is 5.11 Å². The fourth-order valence-corrected chi connectivity index (χ4v) is 1.18. The molecule has 3 nitrogen and oxygen atoms in total. The molecule has 0 saturated heterocycles. The molecule has 0 radical (unpaired) electrons. The summed E-state index contributed by atoms with van der Waals surface area (Å²) in [5.74, 6) is -0.654. The van der Waals surface area contributed by atoms with Gasteiger partial charge in [-0.2, -0.15) is 0 Å². The van der Waals surface area contributed by atoms with Gasteiger partial charge in [0.25, 0.3) is 0 Å². The van der Waals surface area contributed by atoms with Crippen molar-refractivity contribution in [1.82, 2.24) is 0 Å². The molecule has 0 aromatic carbocycles. The molecule has 5 heteroatoms. The Kier molecular flexibility index (Phi) is 4.72. The molecule has 0 spiro atoms. The van der Waals surface area contributed by atoms with Gasteiger partial charge in [0.2, 0.25) is 0 Å². The normalized spacial score (nSPS) is 12.6. The lowest BCUT2D eigenvalue weighted by atomic mass is 10.5. The van der Waals surface area contributed by atoms with Crippen LogP contribution in [0.2, 0.25) is 0 Å². The molecule has 0 aromatic rings. The predicted octanol–water partition coefficient (Wildman–Crippen LogP) is 1.11. The summed E-state index contributed by atoms with van der Waals surface area (Å²) in [4.78, 5) is 19.8. The Morgan fingerprint density at radius 2 is 2.20 bits per heavy atom. The van der Waals surface area contributed by atoms with Crippen LogP contribution in [0.3, 0.4) is 0 Å². The van der Waals surface area contributed by atoms with E-state index >= 15 is 0 Å². The van der Waals surface area contributed by atoms with Crippen LogP contribution >= 0.6 is 27.7 Å². The lowest BCUT2D eigenvalue weighted by molar-refractivity contribution is -0.135. The smallest absolute Gasteiger partial charge is 0.318 e. The van der Waals surface area contributed by atoms with Gasteiger partial charge in [0.1, 0.15) is 4.83 Å². The van der Waals surface area contributed by atoms with Gasteiger partial charge in [-0.3, -0.25) is 9.59 Å². The number of hydrogen-bond acceptors (Lipinski definition) is 3. The number of carbonyl (C=O) groups is 2. The third-order valence-corrected chi connectivity index (χ3v) is 2.75. The van der Waals surface area contributed by atoms with E-state index in [2.05, 4.69) is 15.9 Å². The number of alkyl halides is 1. The minimum Gasteiger partial charge on any atom is -0.480 e. The molecule has 0 saturated carbocycles. The van der Waals surface area contributed by atoms with E-state index in [0.717, 1.165) is 11.8 Å². The minimum atomic E-state index is -0.936. The zero-order valence-electron chi connectivity index (χ0n) is 5.33. The molecular weight excluding hydrogens is 220 g/mol. The Morgan fingerprint density at radius 1 is 1.70 bits per heavy atom. The van der Waals surface area contributed by atoms with E-state index in [0.29, 0.717) is 0 Å². The summed E-state index contributed by atoms with van der Waals surface area (Å²) in [6.07, 6.45) is 0. The van der Waals surface area contributed by atoms with Crippen LogP contribution in [0.25, 0.3) is 0 Å². The van der Waals surface area contributed by atoms with Crippen LogP contribution in [0.1, 0.15) is 6.92 Å². The Hall–Kier alpha value is -0.0300. The van der Waals surface area contributed by atoms with Crippen molar-refractivity contribution >= 4 is 38.8 Å². The summed E-state index contributed by atoms with van der Waals surface area (Å²) < 4.78 is 0. The first kappa shape index (κ1) is 9.97. The second-order valence-electron chi connectivity index (χ2n) is 1.61. The molecule has 0 aromatic heterocycles. The summed E-state index contributed by atoms with van der Waals surface area (Å²) in [6.45, 7) is 1.41. The van der Waals surface area contributed by atoms with Gasteiger partial charge in [0, 0.05) is 12.7 Å². The zero-order valence-corrected chi connectivity index (χ0v) is 7.74. The molecule has 0 amide bonds. The maximum atomic E-state index is 10.3. The van der Waals surface area contributed by atoms with Crippen molar-refractivity contribution in [3.05, 3.63) is 0 Å². The Balaban J connectivity index is 3.49. The zero-order chi connectivity index (χ0) is 8.15. The molecule has 0 aliphatic rings. The summed E-state index contributed by atoms with van der Waals surface area (Å²) in [7, 11) is 0. The van der Waals surface area contributed by atoms with Crippen molar-refractivity contribution in [1.29, 1.82) is 0 Å². The van der Waals surface area contributed by atoms with Crippen molar-refractivity contribution in [2.24, 2.45) is 0 Å². The number of carboxylic acids is 1. The molecule has 0 aliphatic carbocycles. The van der Waals surface area contributed by atoms with Crippen LogP contribution in [-0.4, -0.2) is 26.8 Å². The van der Waals surface area contributed by atoms with Crippen LogP contribution in [0.4, 0.5) is 0 Å². The Morgan fingerprint density at radius 3 is 2.50 bits per heavy atom. The topological polar surface area (TPSA) is 54.4 Å². The fourth-order valence-electron chi connectivity index (χ4n) is 0.262. The highest BCUT2D eigenvalue weighted by atomic mass is 79.9. The SMILES string of the molecule is CC(=O)SCC(Br)C(=O)O. The van der Waals surface area contributed by atoms with E-state index in [-0.39, 0.29) is 10.9 Å². The lowest BCUT2D eigenvalue weighted by Gasteiger charge is -1.99. The number of carbonyl (C=O) groups excluding carboxylic acids is 1. The third kappa shape index (κ3) is 4.81.